The molecule has 118 heavy (non-hydrogen) atoms. The summed E-state index contributed by atoms with van der Waals surface area (Å²) in [5.74, 6) is -1.74. The first kappa shape index (κ1) is 97.8. The van der Waals surface area contributed by atoms with Crippen LogP contribution in [-0.2, 0) is 104 Å². The van der Waals surface area contributed by atoms with E-state index < -0.39 is 41.2 Å². The van der Waals surface area contributed by atoms with Crippen LogP contribution in [0.4, 0.5) is 20.2 Å². The molecule has 0 saturated heterocycles. The molecule has 0 amide bonds. The molecule has 2 aromatic carbocycles. The van der Waals surface area contributed by atoms with Crippen LogP contribution in [0.15, 0.2) is 220 Å². The van der Waals surface area contributed by atoms with Gasteiger partial charge in [0.2, 0.25) is 5.24 Å². The summed E-state index contributed by atoms with van der Waals surface area (Å²) in [6.07, 6.45) is 27.8. The number of carbonyl (C=O) groups is 9. The molecule has 13 rings (SSSR count). The van der Waals surface area contributed by atoms with Gasteiger partial charge in [0, 0.05) is 194 Å². The number of esters is 2. The molecule has 0 saturated carbocycles. The summed E-state index contributed by atoms with van der Waals surface area (Å²) in [5, 5.41) is 12.3. The number of hydrogen-bond donors (Lipinski definition) is 2. The third-order valence-corrected chi connectivity index (χ3v) is 17.7. The summed E-state index contributed by atoms with van der Waals surface area (Å²) in [6, 6.07) is 33.7. The number of benzene rings is 2. The van der Waals surface area contributed by atoms with E-state index in [1.54, 1.807) is 166 Å². The first-order valence-electron chi connectivity index (χ1n) is 34.4. The Bertz CT molecular complexity index is 5410. The van der Waals surface area contributed by atoms with Crippen molar-refractivity contribution in [2.75, 3.05) is 32.3 Å². The number of nitrogens with zero attached hydrogens (tertiary/aromatic N) is 11. The van der Waals surface area contributed by atoms with Gasteiger partial charge >= 0.3 is 49.7 Å². The van der Waals surface area contributed by atoms with Crippen LogP contribution in [0.1, 0.15) is 59.9 Å². The minimum Gasteiger partial charge on any atom is -0.870 e. The van der Waals surface area contributed by atoms with Crippen molar-refractivity contribution in [1.82, 2.24) is 54.0 Å². The van der Waals surface area contributed by atoms with E-state index in [0.29, 0.717) is 22.7 Å². The van der Waals surface area contributed by atoms with Gasteiger partial charge in [-0.15, -0.1) is 22.7 Å². The van der Waals surface area contributed by atoms with Crippen LogP contribution in [0.5, 0.6) is 23.0 Å². The van der Waals surface area contributed by atoms with Crippen LogP contribution >= 0.6 is 34.3 Å². The molecule has 0 aliphatic rings. The number of nitrogen functional groups attached to an aromatic ring is 1. The van der Waals surface area contributed by atoms with Gasteiger partial charge in [0.25, 0.3) is 0 Å². The summed E-state index contributed by atoms with van der Waals surface area (Å²) < 4.78 is 54.5. The average Bonchev–Trinajstić information content (AvgIpc) is 1.65. The van der Waals surface area contributed by atoms with Crippen LogP contribution in [0.2, 0.25) is 0 Å². The number of carbonyl (C=O) groups excluding carboxylic acids is 10. The van der Waals surface area contributed by atoms with Crippen molar-refractivity contribution in [3.8, 4) is 44.4 Å². The molecule has 0 radical (unpaired) electrons. The molecule has 11 aromatic heterocycles. The van der Waals surface area contributed by atoms with E-state index in [-0.39, 0.29) is 141 Å². The predicted octanol–water partition coefficient (Wildman–Crippen LogP) is 5.60. The smallest absolute Gasteiger partial charge is 0.870 e. The second kappa shape index (κ2) is 52.1. The van der Waals surface area contributed by atoms with Crippen LogP contribution in [0, 0.1) is 11.6 Å². The number of halogens is 3. The molecule has 13 aromatic rings. The van der Waals surface area contributed by atoms with Crippen molar-refractivity contribution in [1.29, 1.82) is 0 Å². The van der Waals surface area contributed by atoms with Crippen molar-refractivity contribution in [2.45, 2.75) is 64.2 Å². The van der Waals surface area contributed by atoms with Crippen molar-refractivity contribution in [2.24, 2.45) is 14.1 Å². The number of rotatable bonds is 27. The third kappa shape index (κ3) is 34.1. The Morgan fingerprint density at radius 3 is 1.19 bits per heavy atom. The SMILES string of the molecule is CNc1ccncc1.COC(=O)CC(=O)Cc1ccncc1.COC(=O)CC(=O)Cl.Cn1ccnc1-c1cc2nccc(Oc3ccc(CC(=O)CC(=O)Cc4ccncc4)cc3F)c2s1.Cn1ccnc1-c1cc2nccc(Oc3ccc(N)cc3F)c2s1.O=C([O-])CC(=O)Cc1ccncc1.O=[C-]CC(=O)Cc1ccncc1.[Li+].[Li+].[OH-]. The van der Waals surface area contributed by atoms with E-state index >= 15 is 0 Å². The standard InChI is InChI=1S/C27H21FN4O3S.C17H13FN4OS.C10H11NO3.C9H9NO3.C9H8NO2.C6H8N2.C4H5ClO3.2Li.H2O/c1-32-11-10-31-27(32)25-16-22-26(36-25)24(6-9-30-22)35-23-3-2-18(14-21(23)28)13-20(34)15-19(33)12-17-4-7-29-8-5-17;1-22-7-6-21-17(22)15-9-12-16(24-15)14(4-5-20-12)23-13-3-2-10(19)8-11(13)18;1-14-10(13)7-9(12)6-8-2-4-11-5-3-8;11-8(6-9(12)13)5-7-1-3-10-4-2-7;11-6-3-9(12)7-8-1-4-10-5-2-8;1-7-6-2-4-8-5-3-6;1-8-4(7)2-3(5)6;;;/h2-11,14,16H,12-13,15H2,1H3;2-9H,19H2,1H3;2-5H,6-7H2,1H3;1-4H,5-6H2,(H,12,13);1-2,4-5H,3,7H2;2-5H,1H3,(H,7,8);2H2,1H3;;;1H2/q;;;;-1;;;2*+1;/p-2. The quantitative estimate of drug-likeness (QED) is 0.0158. The molecule has 0 aliphatic carbocycles. The van der Waals surface area contributed by atoms with E-state index in [4.69, 9.17) is 26.8 Å². The summed E-state index contributed by atoms with van der Waals surface area (Å²) in [4.78, 5) is 147. The van der Waals surface area contributed by atoms with Gasteiger partial charge in [0.15, 0.2) is 23.1 Å². The second-order valence-corrected chi connectivity index (χ2v) is 26.6. The molecule has 0 bridgehead atoms. The molecular weight excluding hydrogens is 1570 g/mol. The Balaban J connectivity index is 0.000000310. The molecule has 0 spiro atoms. The number of nitrogens with one attached hydrogen (secondary N) is 1. The predicted molar refractivity (Wildman–Crippen MR) is 426 cm³/mol. The Morgan fingerprint density at radius 1 is 0.466 bits per heavy atom. The number of aromatic nitrogens is 11. The van der Waals surface area contributed by atoms with Crippen molar-refractivity contribution >= 4 is 124 Å². The molecule has 0 unspecified atom stereocenters. The summed E-state index contributed by atoms with van der Waals surface area (Å²) in [5.41, 5.74) is 12.3. The third-order valence-electron chi connectivity index (χ3n) is 15.3. The molecule has 0 atom stereocenters. The number of fused-ring (bicyclic) bond motifs is 2. The van der Waals surface area contributed by atoms with Gasteiger partial charge < -0.3 is 64.1 Å². The van der Waals surface area contributed by atoms with Gasteiger partial charge in [0.05, 0.1) is 50.8 Å². The maximum Gasteiger partial charge on any atom is 1.00 e. The molecule has 600 valence electrons. The van der Waals surface area contributed by atoms with Crippen LogP contribution < -0.4 is 63.4 Å². The maximum atomic E-state index is 14.9. The average molecular weight is 1650 g/mol. The van der Waals surface area contributed by atoms with Crippen molar-refractivity contribution in [3.05, 3.63) is 260 Å². The molecule has 36 heteroatoms. The van der Waals surface area contributed by atoms with E-state index in [0.717, 1.165) is 69.8 Å². The minimum absolute atomic E-state index is 0. The summed E-state index contributed by atoms with van der Waals surface area (Å²) in [7, 11) is 8.19. The number of carboxylic acid groups (broad SMARTS) is 1. The van der Waals surface area contributed by atoms with Gasteiger partial charge in [0.1, 0.15) is 64.9 Å². The fraction of sp³-hybridized carbons (Fsp3) is 0.183. The molecule has 11 heterocycles. The van der Waals surface area contributed by atoms with Gasteiger partial charge in [-0.1, -0.05) is 12.5 Å². The molecule has 29 nitrogen and oxygen atoms in total. The number of carboxylic acids is 1. The Kier molecular flexibility index (Phi) is 43.2. The first-order chi connectivity index (χ1) is 55.4. The van der Waals surface area contributed by atoms with E-state index in [2.05, 4.69) is 59.6 Å². The Labute approximate surface area is 712 Å². The zero-order chi connectivity index (χ0) is 83.0. The first-order valence-corrected chi connectivity index (χ1v) is 36.4. The number of methoxy groups -OCH3 is 2. The zero-order valence-electron chi connectivity index (χ0n) is 64.9. The summed E-state index contributed by atoms with van der Waals surface area (Å²) in [6.45, 7) is 0. The van der Waals surface area contributed by atoms with E-state index in [1.165, 1.54) is 61.2 Å². The van der Waals surface area contributed by atoms with E-state index in [9.17, 15) is 61.8 Å². The number of nitrogens with two attached hydrogens (primary N) is 1. The van der Waals surface area contributed by atoms with Crippen LogP contribution in [0.3, 0.4) is 0 Å². The number of ketones is 5. The fourth-order valence-electron chi connectivity index (χ4n) is 9.84. The minimum atomic E-state index is -1.33. The Hall–Kier alpha value is -12.6. The normalized spacial score (nSPS) is 9.90. The molecule has 0 fully saturated rings. The van der Waals surface area contributed by atoms with Crippen LogP contribution in [-0.4, -0.2) is 139 Å². The topological polar surface area (TPSA) is 425 Å². The number of aliphatic carboxylic acids is 1. The van der Waals surface area contributed by atoms with Gasteiger partial charge in [-0.25, -0.2) is 18.7 Å². The number of thiophene rings is 2. The number of anilines is 2. The molecule has 0 aliphatic heterocycles. The van der Waals surface area contributed by atoms with Crippen molar-refractivity contribution < 1.29 is 124 Å². The fourth-order valence-corrected chi connectivity index (χ4v) is 12.2. The number of imidazole rings is 2. The van der Waals surface area contributed by atoms with Crippen LogP contribution in [0.25, 0.3) is 41.8 Å². The number of Topliss-reactive ketones (excluding diaryl/α,β-unsaturated/α-hetero) is 5. The molecular formula is C82H75ClF2Li2N13O16S2-. The van der Waals surface area contributed by atoms with Gasteiger partial charge in [-0.2, -0.15) is 0 Å². The monoisotopic (exact) mass is 1650 g/mol. The molecule has 4 N–H and O–H groups in total. The van der Waals surface area contributed by atoms with Gasteiger partial charge in [-0.05, 0) is 136 Å². The summed E-state index contributed by atoms with van der Waals surface area (Å²) >= 11 is 7.78. The maximum absolute atomic E-state index is 14.9. The van der Waals surface area contributed by atoms with Crippen molar-refractivity contribution in [3.63, 3.8) is 0 Å². The van der Waals surface area contributed by atoms with Gasteiger partial charge in [-0.3, -0.25) is 74.7 Å². The number of aryl methyl sites for hydroxylation is 2. The zero-order valence-corrected chi connectivity index (χ0v) is 67.3. The number of pyridine rings is 7. The Morgan fingerprint density at radius 2 is 0.839 bits per heavy atom. The van der Waals surface area contributed by atoms with E-state index in [1.807, 2.05) is 66.9 Å². The largest absolute Gasteiger partial charge is 1.00 e. The number of hydrogen-bond acceptors (Lipinski definition) is 29. The number of ether oxygens (including phenoxy) is 4. The second-order valence-electron chi connectivity index (χ2n) is 24.0.